The summed E-state index contributed by atoms with van der Waals surface area (Å²) in [7, 11) is -3.89. The normalized spacial score (nSPS) is 22.0. The molecule has 2 amide bonds. The third-order valence-electron chi connectivity index (χ3n) is 6.76. The van der Waals surface area contributed by atoms with Crippen molar-refractivity contribution in [2.75, 3.05) is 37.6 Å². The maximum absolute atomic E-state index is 13.1. The fourth-order valence-corrected chi connectivity index (χ4v) is 6.59. The van der Waals surface area contributed by atoms with Crippen LogP contribution in [-0.4, -0.2) is 63.9 Å². The third-order valence-corrected chi connectivity index (χ3v) is 8.20. The van der Waals surface area contributed by atoms with Crippen LogP contribution in [0.4, 0.5) is 5.69 Å². The molecule has 0 spiro atoms. The number of likely N-dealkylation sites (tertiary alicyclic amines) is 1. The van der Waals surface area contributed by atoms with Gasteiger partial charge in [0.25, 0.3) is 0 Å². The maximum Gasteiger partial charge on any atom is 0.241 e. The molecule has 1 fully saturated rings. The zero-order valence-electron chi connectivity index (χ0n) is 21.1. The SMILES string of the molecule is CC(=O)N1CCc2cc(S(=O)(=O)NC(C(=O)NCCCN3CC(C)CC(C)C3)C(C)C)ccc21. The molecule has 2 heterocycles. The molecule has 2 aliphatic rings. The zero-order chi connectivity index (χ0) is 25.0. The van der Waals surface area contributed by atoms with Crippen LogP contribution in [-0.2, 0) is 26.0 Å². The Balaban J connectivity index is 1.57. The van der Waals surface area contributed by atoms with Crippen LogP contribution in [0.1, 0.15) is 53.0 Å². The standard InChI is InChI=1S/C25H40N4O4S/c1-17(2)24(25(31)26-10-6-11-28-15-18(3)13-19(4)16-28)27-34(32,33)22-7-8-23-21(14-22)9-12-29(23)20(5)30/h7-8,14,17-19,24,27H,6,9-13,15-16H2,1-5H3,(H,26,31). The lowest BCUT2D eigenvalue weighted by atomic mass is 9.92. The van der Waals surface area contributed by atoms with Crippen molar-refractivity contribution < 1.29 is 18.0 Å². The number of carbonyl (C=O) groups excluding carboxylic acids is 2. The summed E-state index contributed by atoms with van der Waals surface area (Å²) in [5.41, 5.74) is 1.58. The van der Waals surface area contributed by atoms with Gasteiger partial charge in [0.15, 0.2) is 0 Å². The minimum Gasteiger partial charge on any atom is -0.355 e. The van der Waals surface area contributed by atoms with Gasteiger partial charge in [-0.1, -0.05) is 27.7 Å². The summed E-state index contributed by atoms with van der Waals surface area (Å²) in [5, 5.41) is 2.92. The number of anilines is 1. The van der Waals surface area contributed by atoms with E-state index in [4.69, 9.17) is 0 Å². The Morgan fingerprint density at radius 1 is 1.15 bits per heavy atom. The van der Waals surface area contributed by atoms with Gasteiger partial charge in [0, 0.05) is 38.8 Å². The Hall–Kier alpha value is -1.97. The van der Waals surface area contributed by atoms with Crippen molar-refractivity contribution >= 4 is 27.5 Å². The number of nitrogens with zero attached hydrogens (tertiary/aromatic N) is 2. The van der Waals surface area contributed by atoms with Crippen molar-refractivity contribution in [2.24, 2.45) is 17.8 Å². The monoisotopic (exact) mass is 492 g/mol. The molecular weight excluding hydrogens is 452 g/mol. The molecule has 3 unspecified atom stereocenters. The lowest BCUT2D eigenvalue weighted by Crippen LogP contribution is -2.50. The second-order valence-electron chi connectivity index (χ2n) is 10.4. The average Bonchev–Trinajstić information content (AvgIpc) is 3.18. The number of piperidine rings is 1. The van der Waals surface area contributed by atoms with E-state index in [2.05, 4.69) is 28.8 Å². The van der Waals surface area contributed by atoms with Gasteiger partial charge < -0.3 is 15.1 Å². The predicted octanol–water partition coefficient (Wildman–Crippen LogP) is 2.38. The quantitative estimate of drug-likeness (QED) is 0.516. The van der Waals surface area contributed by atoms with Gasteiger partial charge in [0.2, 0.25) is 21.8 Å². The van der Waals surface area contributed by atoms with Crippen LogP contribution in [0.5, 0.6) is 0 Å². The van der Waals surface area contributed by atoms with E-state index in [-0.39, 0.29) is 22.6 Å². The Kier molecular flexibility index (Phi) is 8.76. The summed E-state index contributed by atoms with van der Waals surface area (Å²) in [6, 6.07) is 3.92. The molecule has 9 heteroatoms. The predicted molar refractivity (Wildman–Crippen MR) is 134 cm³/mol. The van der Waals surface area contributed by atoms with Crippen LogP contribution in [0.2, 0.25) is 0 Å². The van der Waals surface area contributed by atoms with Crippen molar-refractivity contribution in [1.82, 2.24) is 14.9 Å². The zero-order valence-corrected chi connectivity index (χ0v) is 22.0. The van der Waals surface area contributed by atoms with E-state index in [1.807, 2.05) is 13.8 Å². The Labute approximate surface area is 204 Å². The highest BCUT2D eigenvalue weighted by atomic mass is 32.2. The maximum atomic E-state index is 13.1. The molecule has 0 bridgehead atoms. The van der Waals surface area contributed by atoms with Crippen molar-refractivity contribution in [3.63, 3.8) is 0 Å². The average molecular weight is 493 g/mol. The minimum absolute atomic E-state index is 0.0617. The molecule has 8 nitrogen and oxygen atoms in total. The number of amides is 2. The van der Waals surface area contributed by atoms with Gasteiger partial charge in [-0.15, -0.1) is 0 Å². The molecule has 0 aromatic heterocycles. The number of nitrogens with one attached hydrogen (secondary N) is 2. The van der Waals surface area contributed by atoms with E-state index in [0.29, 0.717) is 31.3 Å². The van der Waals surface area contributed by atoms with Gasteiger partial charge in [0.1, 0.15) is 6.04 Å². The highest BCUT2D eigenvalue weighted by Gasteiger charge is 2.30. The molecule has 2 aliphatic heterocycles. The molecule has 3 atom stereocenters. The van der Waals surface area contributed by atoms with E-state index in [1.165, 1.54) is 19.4 Å². The number of sulfonamides is 1. The highest BCUT2D eigenvalue weighted by Crippen LogP contribution is 2.30. The third kappa shape index (κ3) is 6.58. The van der Waals surface area contributed by atoms with Crippen LogP contribution < -0.4 is 14.9 Å². The number of fused-ring (bicyclic) bond motifs is 1. The van der Waals surface area contributed by atoms with E-state index in [1.54, 1.807) is 17.0 Å². The summed E-state index contributed by atoms with van der Waals surface area (Å²) in [6.07, 6.45) is 2.71. The number of rotatable bonds is 9. The van der Waals surface area contributed by atoms with E-state index in [9.17, 15) is 18.0 Å². The van der Waals surface area contributed by atoms with Gasteiger partial charge in [-0.05, 0) is 67.3 Å². The summed E-state index contributed by atoms with van der Waals surface area (Å²) in [5.74, 6) is 0.822. The molecule has 0 aliphatic carbocycles. The second kappa shape index (κ2) is 11.2. The fourth-order valence-electron chi connectivity index (χ4n) is 5.20. The fraction of sp³-hybridized carbons (Fsp3) is 0.680. The first-order valence-corrected chi connectivity index (χ1v) is 13.9. The largest absolute Gasteiger partial charge is 0.355 e. The summed E-state index contributed by atoms with van der Waals surface area (Å²) in [6.45, 7) is 13.9. The second-order valence-corrected chi connectivity index (χ2v) is 12.1. The van der Waals surface area contributed by atoms with Crippen LogP contribution in [0.25, 0.3) is 0 Å². The lowest BCUT2D eigenvalue weighted by molar-refractivity contribution is -0.123. The van der Waals surface area contributed by atoms with Crippen molar-refractivity contribution in [2.45, 2.75) is 64.8 Å². The molecule has 3 rings (SSSR count). The topological polar surface area (TPSA) is 98.8 Å². The Morgan fingerprint density at radius 2 is 1.82 bits per heavy atom. The summed E-state index contributed by atoms with van der Waals surface area (Å²) in [4.78, 5) is 28.8. The van der Waals surface area contributed by atoms with E-state index >= 15 is 0 Å². The van der Waals surface area contributed by atoms with Crippen LogP contribution in [0.15, 0.2) is 23.1 Å². The number of benzene rings is 1. The molecule has 1 aromatic rings. The summed E-state index contributed by atoms with van der Waals surface area (Å²) < 4.78 is 28.8. The highest BCUT2D eigenvalue weighted by molar-refractivity contribution is 7.89. The smallest absolute Gasteiger partial charge is 0.241 e. The molecule has 2 N–H and O–H groups in total. The van der Waals surface area contributed by atoms with Gasteiger partial charge in [-0.25, -0.2) is 8.42 Å². The first kappa shape index (κ1) is 26.6. The first-order chi connectivity index (χ1) is 16.0. The van der Waals surface area contributed by atoms with Crippen molar-refractivity contribution in [3.8, 4) is 0 Å². The van der Waals surface area contributed by atoms with Gasteiger partial charge in [0.05, 0.1) is 4.90 Å². The van der Waals surface area contributed by atoms with E-state index < -0.39 is 16.1 Å². The molecule has 0 radical (unpaired) electrons. The Bertz CT molecular complexity index is 985. The van der Waals surface area contributed by atoms with Gasteiger partial charge in [-0.2, -0.15) is 4.72 Å². The molecule has 34 heavy (non-hydrogen) atoms. The van der Waals surface area contributed by atoms with E-state index in [0.717, 1.165) is 37.3 Å². The van der Waals surface area contributed by atoms with Crippen molar-refractivity contribution in [3.05, 3.63) is 23.8 Å². The molecule has 0 saturated carbocycles. The number of hydrogen-bond donors (Lipinski definition) is 2. The Morgan fingerprint density at radius 3 is 2.44 bits per heavy atom. The number of hydrogen-bond acceptors (Lipinski definition) is 5. The molecule has 1 aromatic carbocycles. The summed E-state index contributed by atoms with van der Waals surface area (Å²) >= 11 is 0. The lowest BCUT2D eigenvalue weighted by Gasteiger charge is -2.35. The van der Waals surface area contributed by atoms with Gasteiger partial charge in [-0.3, -0.25) is 9.59 Å². The van der Waals surface area contributed by atoms with Crippen LogP contribution in [0.3, 0.4) is 0 Å². The molecule has 190 valence electrons. The van der Waals surface area contributed by atoms with Crippen LogP contribution in [0, 0.1) is 17.8 Å². The molecule has 1 saturated heterocycles. The van der Waals surface area contributed by atoms with Gasteiger partial charge >= 0.3 is 0 Å². The minimum atomic E-state index is -3.89. The van der Waals surface area contributed by atoms with Crippen molar-refractivity contribution in [1.29, 1.82) is 0 Å². The number of carbonyl (C=O) groups is 2. The molecular formula is C25H40N4O4S. The first-order valence-electron chi connectivity index (χ1n) is 12.4. The van der Waals surface area contributed by atoms with Crippen LogP contribution >= 0.6 is 0 Å².